The van der Waals surface area contributed by atoms with Crippen LogP contribution in [0.25, 0.3) is 72.0 Å². The largest absolute Gasteiger partial charge is 0.297 e. The lowest BCUT2D eigenvalue weighted by Gasteiger charge is -2.41. The van der Waals surface area contributed by atoms with Gasteiger partial charge >= 0.3 is 0 Å². The van der Waals surface area contributed by atoms with Crippen LogP contribution in [0, 0.1) is 5.92 Å². The van der Waals surface area contributed by atoms with Gasteiger partial charge in [-0.3, -0.25) is 4.57 Å². The second-order valence-electron chi connectivity index (χ2n) is 16.9. The van der Waals surface area contributed by atoms with Gasteiger partial charge in [-0.1, -0.05) is 119 Å². The molecule has 11 rings (SSSR count). The molecule has 0 amide bonds. The highest BCUT2D eigenvalue weighted by Crippen LogP contribution is 2.52. The SMILES string of the molecule is [B]C1=C([B])C2C(=C1[B])C(c1cccc(-c3cccc(-n4c(C([B])([B])C([B])([B])[B])nc5ccccc54)c3)c1)=c1c([B])c([B])c([B])c([B])c1=C2c1ccc2c3c(cccc13)-c1ccccc1-2. The van der Waals surface area contributed by atoms with E-state index >= 15 is 0 Å². The molecule has 0 fully saturated rings. The van der Waals surface area contributed by atoms with Crippen LogP contribution >= 0.6 is 0 Å². The van der Waals surface area contributed by atoms with E-state index in [9.17, 15) is 0 Å². The van der Waals surface area contributed by atoms with Crippen molar-refractivity contribution in [3.8, 4) is 39.1 Å². The van der Waals surface area contributed by atoms with Gasteiger partial charge in [-0.05, 0) is 113 Å². The third-order valence-corrected chi connectivity index (χ3v) is 13.3. The van der Waals surface area contributed by atoms with Crippen molar-refractivity contribution in [1.82, 2.24) is 9.55 Å². The topological polar surface area (TPSA) is 17.8 Å². The summed E-state index contributed by atoms with van der Waals surface area (Å²) in [6, 6.07) is 42.3. The average molecular weight is 780 g/mol. The fraction of sp³-hybridized carbons (Fsp3) is 0.0600. The molecule has 2 nitrogen and oxygen atoms in total. The van der Waals surface area contributed by atoms with Gasteiger partial charge in [0.05, 0.1) is 50.3 Å². The summed E-state index contributed by atoms with van der Waals surface area (Å²) in [5.74, 6) is -0.443. The van der Waals surface area contributed by atoms with E-state index in [1.54, 1.807) is 0 Å². The molecule has 0 bridgehead atoms. The second-order valence-corrected chi connectivity index (χ2v) is 16.9. The van der Waals surface area contributed by atoms with E-state index in [0.29, 0.717) is 43.7 Å². The number of aromatic nitrogens is 2. The molecule has 268 valence electrons. The Balaban J connectivity index is 1.18. The smallest absolute Gasteiger partial charge is 0.113 e. The summed E-state index contributed by atoms with van der Waals surface area (Å²) in [7, 11) is 80.3. The van der Waals surface area contributed by atoms with E-state index in [4.69, 9.17) is 99.1 Å². The molecule has 0 N–H and O–H groups in total. The minimum absolute atomic E-state index is 0.160. The van der Waals surface area contributed by atoms with E-state index in [-0.39, 0.29) is 33.1 Å². The highest BCUT2D eigenvalue weighted by atomic mass is 15.1. The van der Waals surface area contributed by atoms with Crippen LogP contribution in [0.1, 0.15) is 17.0 Å². The van der Waals surface area contributed by atoms with Crippen LogP contribution in [0.3, 0.4) is 0 Å². The molecule has 64 heavy (non-hydrogen) atoms. The third-order valence-electron chi connectivity index (χ3n) is 13.3. The number of hydrogen-bond donors (Lipinski definition) is 0. The van der Waals surface area contributed by atoms with Crippen LogP contribution in [0.15, 0.2) is 149 Å². The standard InChI is InChI=1S/C50H22B12N2/c51-41-37-34(24-10-5-8-22(20-24)23-9-6-11-25(21-23)64-33-17-4-3-16-32(33)63-48(64)49(58,59)50(60,61)62)38-40(44(54)47(57)46(56)42(38)52)36(39(37)43(53)45(41)55)31-19-18-30-27-13-2-1-12-26(27)28-14-7-15-29(31)35(28)30/h1-21,39H. The molecule has 0 saturated heterocycles. The third kappa shape index (κ3) is 5.66. The predicted octanol–water partition coefficient (Wildman–Crippen LogP) is 1.75. The summed E-state index contributed by atoms with van der Waals surface area (Å²) < 4.78 is 1.81. The summed E-state index contributed by atoms with van der Waals surface area (Å²) in [6.45, 7) is 0. The lowest BCUT2D eigenvalue weighted by molar-refractivity contribution is 0.757. The van der Waals surface area contributed by atoms with E-state index in [1.165, 1.54) is 11.1 Å². The lowest BCUT2D eigenvalue weighted by Crippen LogP contribution is -2.66. The molecular formula is C50H22B12N2. The van der Waals surface area contributed by atoms with Crippen LogP contribution in [0.4, 0.5) is 0 Å². The highest BCUT2D eigenvalue weighted by molar-refractivity contribution is 6.67. The number of fused-ring (bicyclic) bond motifs is 6. The Labute approximate surface area is 388 Å². The van der Waals surface area contributed by atoms with Crippen LogP contribution in [0.5, 0.6) is 0 Å². The van der Waals surface area contributed by atoms with Crippen molar-refractivity contribution in [2.45, 2.75) is 10.3 Å². The number of para-hydroxylation sites is 2. The van der Waals surface area contributed by atoms with Crippen molar-refractivity contribution in [3.05, 3.63) is 177 Å². The lowest BCUT2D eigenvalue weighted by atomic mass is 9.23. The van der Waals surface area contributed by atoms with Gasteiger partial charge in [-0.15, -0.1) is 27.0 Å². The molecule has 0 saturated carbocycles. The minimum Gasteiger partial charge on any atom is -0.297 e. The average Bonchev–Trinajstić information content (AvgIpc) is 3.93. The first-order chi connectivity index (χ1) is 30.6. The van der Waals surface area contributed by atoms with E-state index < -0.39 is 16.2 Å². The number of imidazole rings is 1. The van der Waals surface area contributed by atoms with Crippen LogP contribution in [-0.2, 0) is 5.21 Å². The maximum absolute atomic E-state index is 7.14. The van der Waals surface area contributed by atoms with Gasteiger partial charge in [0.1, 0.15) is 60.7 Å². The van der Waals surface area contributed by atoms with Crippen molar-refractivity contribution in [1.29, 1.82) is 0 Å². The summed E-state index contributed by atoms with van der Waals surface area (Å²) >= 11 is 0. The molecule has 24 radical (unpaired) electrons. The normalized spacial score (nSPS) is 15.6. The number of hydrogen-bond acceptors (Lipinski definition) is 1. The van der Waals surface area contributed by atoms with Gasteiger partial charge < -0.3 is 0 Å². The molecule has 0 aliphatic heterocycles. The molecule has 1 atom stereocenters. The molecule has 7 aromatic carbocycles. The molecule has 0 spiro atoms. The van der Waals surface area contributed by atoms with Gasteiger partial charge in [0.2, 0.25) is 0 Å². The first-order valence-electron chi connectivity index (χ1n) is 20.7. The second kappa shape index (κ2) is 14.4. The zero-order valence-electron chi connectivity index (χ0n) is 34.5. The van der Waals surface area contributed by atoms with Gasteiger partial charge in [-0.2, -0.15) is 0 Å². The summed E-state index contributed by atoms with van der Waals surface area (Å²) in [5.41, 5.74) is 14.0. The molecule has 1 heterocycles. The molecule has 3 aliphatic carbocycles. The Bertz CT molecular complexity index is 3590. The van der Waals surface area contributed by atoms with Crippen molar-refractivity contribution >= 4 is 149 Å². The maximum Gasteiger partial charge on any atom is 0.113 e. The highest BCUT2D eigenvalue weighted by Gasteiger charge is 2.39. The van der Waals surface area contributed by atoms with Gasteiger partial charge in [-0.25, -0.2) is 4.98 Å². The van der Waals surface area contributed by atoms with E-state index in [0.717, 1.165) is 55.2 Å². The maximum atomic E-state index is 7.14. The fourth-order valence-electron chi connectivity index (χ4n) is 10.1. The zero-order valence-corrected chi connectivity index (χ0v) is 34.5. The predicted molar refractivity (Wildman–Crippen MR) is 275 cm³/mol. The monoisotopic (exact) mass is 782 g/mol. The Morgan fingerprint density at radius 1 is 0.484 bits per heavy atom. The minimum atomic E-state index is -2.02. The van der Waals surface area contributed by atoms with Gasteiger partial charge in [0.15, 0.2) is 0 Å². The number of nitrogens with zero attached hydrogens (tertiary/aromatic N) is 2. The van der Waals surface area contributed by atoms with E-state index in [2.05, 4.69) is 60.7 Å². The Morgan fingerprint density at radius 3 is 1.78 bits per heavy atom. The van der Waals surface area contributed by atoms with E-state index in [1.807, 2.05) is 71.3 Å². The number of benzene rings is 7. The number of allylic oxidation sites excluding steroid dienone is 4. The first kappa shape index (κ1) is 41.0. The molecule has 3 aliphatic rings. The molecule has 8 aromatic rings. The fourth-order valence-corrected chi connectivity index (χ4v) is 10.1. The summed E-state index contributed by atoms with van der Waals surface area (Å²) in [6.07, 6.45) is 0. The summed E-state index contributed by atoms with van der Waals surface area (Å²) in [4.78, 5) is 4.76. The Morgan fingerprint density at radius 2 is 1.06 bits per heavy atom. The van der Waals surface area contributed by atoms with Crippen molar-refractivity contribution in [2.24, 2.45) is 5.92 Å². The number of rotatable bonds is 6. The van der Waals surface area contributed by atoms with Crippen molar-refractivity contribution in [3.63, 3.8) is 0 Å². The Hall–Kier alpha value is -5.73. The van der Waals surface area contributed by atoms with Crippen molar-refractivity contribution in [2.75, 3.05) is 0 Å². The van der Waals surface area contributed by atoms with Gasteiger partial charge in [0, 0.05) is 11.6 Å². The van der Waals surface area contributed by atoms with Crippen LogP contribution in [0.2, 0.25) is 5.11 Å². The van der Waals surface area contributed by atoms with Crippen LogP contribution in [-0.4, -0.2) is 104 Å². The molecular weight excluding hydrogens is 758 g/mol. The molecule has 14 heteroatoms. The van der Waals surface area contributed by atoms with Gasteiger partial charge in [0.25, 0.3) is 0 Å². The van der Waals surface area contributed by atoms with Crippen molar-refractivity contribution < 1.29 is 0 Å². The zero-order chi connectivity index (χ0) is 44.7. The van der Waals surface area contributed by atoms with Crippen LogP contribution < -0.4 is 32.3 Å². The molecule has 1 aromatic heterocycles. The quantitative estimate of drug-likeness (QED) is 0.236. The molecule has 1 unspecified atom stereocenters. The summed E-state index contributed by atoms with van der Waals surface area (Å²) in [5, 5.41) is -0.624. The first-order valence-corrected chi connectivity index (χ1v) is 20.7. The Kier molecular flexibility index (Phi) is 9.22.